The number of aryl methyl sites for hydroxylation is 1. The number of rotatable bonds is 6. The van der Waals surface area contributed by atoms with Crippen molar-refractivity contribution in [3.05, 3.63) is 58.1 Å². The summed E-state index contributed by atoms with van der Waals surface area (Å²) in [5.74, 6) is 1.65. The lowest BCUT2D eigenvalue weighted by Gasteiger charge is -2.15. The van der Waals surface area contributed by atoms with Gasteiger partial charge in [-0.05, 0) is 38.1 Å². The van der Waals surface area contributed by atoms with E-state index < -0.39 is 0 Å². The van der Waals surface area contributed by atoms with Crippen LogP contribution in [-0.2, 0) is 0 Å². The number of nitrogens with two attached hydrogens (primary N) is 1. The second-order valence-corrected chi connectivity index (χ2v) is 5.90. The molecule has 0 aliphatic heterocycles. The summed E-state index contributed by atoms with van der Waals surface area (Å²) >= 11 is 3.41. The molecule has 0 saturated carbocycles. The molecule has 0 bridgehead atoms. The average molecular weight is 350 g/mol. The van der Waals surface area contributed by atoms with Crippen LogP contribution in [0.4, 0.5) is 0 Å². The van der Waals surface area contributed by atoms with Crippen LogP contribution in [0.25, 0.3) is 0 Å². The molecule has 0 fully saturated rings. The fourth-order valence-electron chi connectivity index (χ4n) is 2.02. The van der Waals surface area contributed by atoms with Crippen LogP contribution in [0.1, 0.15) is 24.1 Å². The Morgan fingerprint density at radius 3 is 2.57 bits per heavy atom. The Kier molecular flexibility index (Phi) is 5.65. The molecule has 112 valence electrons. The minimum Gasteiger partial charge on any atom is -0.490 e. The Labute approximate surface area is 134 Å². The van der Waals surface area contributed by atoms with Crippen LogP contribution >= 0.6 is 15.9 Å². The summed E-state index contributed by atoms with van der Waals surface area (Å²) < 4.78 is 12.4. The normalized spacial score (nSPS) is 12.0. The molecule has 0 aliphatic carbocycles. The van der Waals surface area contributed by atoms with Crippen molar-refractivity contribution in [2.24, 2.45) is 5.73 Å². The van der Waals surface area contributed by atoms with Gasteiger partial charge in [-0.3, -0.25) is 0 Å². The van der Waals surface area contributed by atoms with E-state index in [-0.39, 0.29) is 6.04 Å². The molecular formula is C17H20BrNO2. The Morgan fingerprint density at radius 2 is 1.86 bits per heavy atom. The predicted octanol–water partition coefficient (Wildman–Crippen LogP) is 4.24. The highest BCUT2D eigenvalue weighted by Crippen LogP contribution is 2.25. The molecule has 2 aromatic rings. The van der Waals surface area contributed by atoms with Gasteiger partial charge in [0.1, 0.15) is 24.7 Å². The first-order valence-corrected chi connectivity index (χ1v) is 7.73. The minimum atomic E-state index is -0.0501. The maximum atomic E-state index is 5.98. The monoisotopic (exact) mass is 349 g/mol. The second kappa shape index (κ2) is 7.48. The third-order valence-corrected chi connectivity index (χ3v) is 3.55. The number of halogens is 1. The summed E-state index contributed by atoms with van der Waals surface area (Å²) in [4.78, 5) is 0. The Balaban J connectivity index is 1.89. The second-order valence-electron chi connectivity index (χ2n) is 4.98. The first kappa shape index (κ1) is 15.9. The van der Waals surface area contributed by atoms with Crippen molar-refractivity contribution >= 4 is 15.9 Å². The highest BCUT2D eigenvalue weighted by molar-refractivity contribution is 9.10. The van der Waals surface area contributed by atoms with Gasteiger partial charge in [-0.2, -0.15) is 0 Å². The fraction of sp³-hybridized carbons (Fsp3) is 0.294. The van der Waals surface area contributed by atoms with Gasteiger partial charge in [0.15, 0.2) is 0 Å². The smallest absolute Gasteiger partial charge is 0.124 e. The molecule has 21 heavy (non-hydrogen) atoms. The molecule has 3 nitrogen and oxygen atoms in total. The number of hydrogen-bond acceptors (Lipinski definition) is 3. The minimum absolute atomic E-state index is 0.0501. The molecule has 0 amide bonds. The summed E-state index contributed by atoms with van der Waals surface area (Å²) in [5, 5.41) is 0. The largest absolute Gasteiger partial charge is 0.490 e. The Bertz CT molecular complexity index is 599. The molecule has 0 spiro atoms. The van der Waals surface area contributed by atoms with E-state index in [2.05, 4.69) is 22.0 Å². The lowest BCUT2D eigenvalue weighted by molar-refractivity contribution is 0.215. The lowest BCUT2D eigenvalue weighted by atomic mass is 10.1. The van der Waals surface area contributed by atoms with Gasteiger partial charge in [-0.25, -0.2) is 0 Å². The zero-order valence-electron chi connectivity index (χ0n) is 12.3. The van der Waals surface area contributed by atoms with Gasteiger partial charge in [0.05, 0.1) is 0 Å². The molecule has 2 rings (SSSR count). The summed E-state index contributed by atoms with van der Waals surface area (Å²) in [7, 11) is 0. The van der Waals surface area contributed by atoms with Crippen molar-refractivity contribution in [2.75, 3.05) is 13.2 Å². The molecule has 0 saturated heterocycles. The van der Waals surface area contributed by atoms with Gasteiger partial charge in [0, 0.05) is 16.1 Å². The van der Waals surface area contributed by atoms with Crippen LogP contribution < -0.4 is 15.2 Å². The van der Waals surface area contributed by atoms with Crippen molar-refractivity contribution < 1.29 is 9.47 Å². The predicted molar refractivity (Wildman–Crippen MR) is 88.9 cm³/mol. The van der Waals surface area contributed by atoms with Crippen LogP contribution in [-0.4, -0.2) is 13.2 Å². The molecule has 0 aliphatic rings. The average Bonchev–Trinajstić information content (AvgIpc) is 2.44. The molecular weight excluding hydrogens is 330 g/mol. The number of ether oxygens (including phenoxy) is 2. The zero-order valence-corrected chi connectivity index (χ0v) is 13.9. The van der Waals surface area contributed by atoms with E-state index in [0.717, 1.165) is 21.5 Å². The van der Waals surface area contributed by atoms with E-state index in [0.29, 0.717) is 13.2 Å². The first-order valence-electron chi connectivity index (χ1n) is 6.93. The van der Waals surface area contributed by atoms with Crippen molar-refractivity contribution in [3.8, 4) is 11.5 Å². The first-order chi connectivity index (χ1) is 10.1. The number of hydrogen-bond donors (Lipinski definition) is 1. The summed E-state index contributed by atoms with van der Waals surface area (Å²) in [5.41, 5.74) is 8.18. The molecule has 4 heteroatoms. The van der Waals surface area contributed by atoms with E-state index in [1.807, 2.05) is 50.2 Å². The quantitative estimate of drug-likeness (QED) is 0.793. The molecule has 1 atom stereocenters. The highest BCUT2D eigenvalue weighted by atomic mass is 79.9. The molecule has 0 aromatic heterocycles. The summed E-state index contributed by atoms with van der Waals surface area (Å²) in [6.45, 7) is 4.98. The van der Waals surface area contributed by atoms with Crippen LogP contribution in [0.3, 0.4) is 0 Å². The van der Waals surface area contributed by atoms with Gasteiger partial charge in [0.25, 0.3) is 0 Å². The third-order valence-electron chi connectivity index (χ3n) is 3.06. The van der Waals surface area contributed by atoms with Crippen LogP contribution in [0.2, 0.25) is 0 Å². The maximum Gasteiger partial charge on any atom is 0.124 e. The van der Waals surface area contributed by atoms with Gasteiger partial charge in [0.2, 0.25) is 0 Å². The fourth-order valence-corrected chi connectivity index (χ4v) is 2.40. The standard InChI is InChI=1S/C17H20BrNO2/c1-12-6-7-17(16(10-12)13(2)19)21-9-8-20-15-5-3-4-14(18)11-15/h3-7,10-11,13H,8-9,19H2,1-2H3/t13-/m1/s1. The Hall–Kier alpha value is -1.52. The molecule has 0 heterocycles. The topological polar surface area (TPSA) is 44.5 Å². The number of benzene rings is 2. The lowest BCUT2D eigenvalue weighted by Crippen LogP contribution is -2.12. The summed E-state index contributed by atoms with van der Waals surface area (Å²) in [6.07, 6.45) is 0. The van der Waals surface area contributed by atoms with Crippen LogP contribution in [0.5, 0.6) is 11.5 Å². The molecule has 0 unspecified atom stereocenters. The van der Waals surface area contributed by atoms with Crippen LogP contribution in [0.15, 0.2) is 46.9 Å². The van der Waals surface area contributed by atoms with E-state index >= 15 is 0 Å². The zero-order chi connectivity index (χ0) is 15.2. The van der Waals surface area contributed by atoms with Crippen molar-refractivity contribution in [2.45, 2.75) is 19.9 Å². The van der Waals surface area contributed by atoms with E-state index in [1.54, 1.807) is 0 Å². The third kappa shape index (κ3) is 4.76. The molecule has 0 radical (unpaired) electrons. The van der Waals surface area contributed by atoms with Crippen molar-refractivity contribution in [3.63, 3.8) is 0 Å². The van der Waals surface area contributed by atoms with E-state index in [4.69, 9.17) is 15.2 Å². The van der Waals surface area contributed by atoms with E-state index in [9.17, 15) is 0 Å². The summed E-state index contributed by atoms with van der Waals surface area (Å²) in [6, 6.07) is 13.8. The van der Waals surface area contributed by atoms with Crippen molar-refractivity contribution in [1.29, 1.82) is 0 Å². The van der Waals surface area contributed by atoms with Crippen molar-refractivity contribution in [1.82, 2.24) is 0 Å². The van der Waals surface area contributed by atoms with Gasteiger partial charge < -0.3 is 15.2 Å². The van der Waals surface area contributed by atoms with Gasteiger partial charge >= 0.3 is 0 Å². The van der Waals surface area contributed by atoms with E-state index in [1.165, 1.54) is 5.56 Å². The maximum absolute atomic E-state index is 5.98. The Morgan fingerprint density at radius 1 is 1.10 bits per heavy atom. The molecule has 2 aromatic carbocycles. The van der Waals surface area contributed by atoms with Gasteiger partial charge in [-0.15, -0.1) is 0 Å². The SMILES string of the molecule is Cc1ccc(OCCOc2cccc(Br)c2)c([C@@H](C)N)c1. The van der Waals surface area contributed by atoms with Gasteiger partial charge in [-0.1, -0.05) is 39.7 Å². The molecule has 2 N–H and O–H groups in total. The van der Waals surface area contributed by atoms with Crippen LogP contribution in [0, 0.1) is 6.92 Å². The highest BCUT2D eigenvalue weighted by Gasteiger charge is 2.08.